The Labute approximate surface area is 114 Å². The van der Waals surface area contributed by atoms with Gasteiger partial charge < -0.3 is 10.1 Å². The van der Waals surface area contributed by atoms with Gasteiger partial charge in [-0.1, -0.05) is 6.92 Å². The minimum atomic E-state index is -0.926. The summed E-state index contributed by atoms with van der Waals surface area (Å²) in [5.41, 5.74) is -0.926. The fraction of sp³-hybridized carbons (Fsp3) is 0.857. The Morgan fingerprint density at radius 1 is 1.63 bits per heavy atom. The number of hydrogen-bond acceptors (Lipinski definition) is 4. The summed E-state index contributed by atoms with van der Waals surface area (Å²) in [4.78, 5) is 14.4. The average Bonchev–Trinajstić information content (AvgIpc) is 2.91. The topological polar surface area (TPSA) is 65.4 Å². The van der Waals surface area contributed by atoms with Crippen molar-refractivity contribution in [2.75, 3.05) is 26.2 Å². The summed E-state index contributed by atoms with van der Waals surface area (Å²) < 4.78 is 5.78. The summed E-state index contributed by atoms with van der Waals surface area (Å²) >= 11 is 0. The smallest absolute Gasteiger partial charge is 0.240 e. The van der Waals surface area contributed by atoms with E-state index in [-0.39, 0.29) is 12.0 Å². The first-order valence-electron chi connectivity index (χ1n) is 7.14. The lowest BCUT2D eigenvalue weighted by Crippen LogP contribution is -2.51. The van der Waals surface area contributed by atoms with E-state index < -0.39 is 5.41 Å². The largest absolute Gasteiger partial charge is 0.373 e. The van der Waals surface area contributed by atoms with Crippen molar-refractivity contribution < 1.29 is 9.53 Å². The molecular formula is C14H23N3O2. The van der Waals surface area contributed by atoms with Gasteiger partial charge in [0.05, 0.1) is 18.8 Å². The summed E-state index contributed by atoms with van der Waals surface area (Å²) in [5, 5.41) is 11.9. The summed E-state index contributed by atoms with van der Waals surface area (Å²) in [6, 6.07) is 2.67. The van der Waals surface area contributed by atoms with E-state index in [9.17, 15) is 4.79 Å². The Bertz CT molecular complexity index is 379. The number of carbonyl (C=O) groups excluding carboxylic acids is 1. The highest BCUT2D eigenvalue weighted by Gasteiger charge is 2.34. The van der Waals surface area contributed by atoms with Crippen LogP contribution in [0.3, 0.4) is 0 Å². The first-order chi connectivity index (χ1) is 9.09. The van der Waals surface area contributed by atoms with E-state index in [1.54, 1.807) is 6.92 Å². The Kier molecular flexibility index (Phi) is 4.43. The van der Waals surface area contributed by atoms with Gasteiger partial charge in [-0.15, -0.1) is 0 Å². The Morgan fingerprint density at radius 2 is 2.42 bits per heavy atom. The summed E-state index contributed by atoms with van der Waals surface area (Å²) in [7, 11) is 0. The van der Waals surface area contributed by atoms with Crippen LogP contribution in [-0.2, 0) is 9.53 Å². The second-order valence-electron chi connectivity index (χ2n) is 5.75. The van der Waals surface area contributed by atoms with E-state index in [4.69, 9.17) is 10.00 Å². The molecule has 0 radical (unpaired) electrons. The Morgan fingerprint density at radius 3 is 3.11 bits per heavy atom. The fourth-order valence-corrected chi connectivity index (χ4v) is 2.70. The summed E-state index contributed by atoms with van der Waals surface area (Å²) in [6.07, 6.45) is 3.05. The van der Waals surface area contributed by atoms with Crippen LogP contribution in [0.1, 0.15) is 33.1 Å². The summed E-state index contributed by atoms with van der Waals surface area (Å²) in [6.45, 7) is 6.84. The van der Waals surface area contributed by atoms with Gasteiger partial charge in [-0.05, 0) is 32.7 Å². The lowest BCUT2D eigenvalue weighted by atomic mass is 9.88. The first kappa shape index (κ1) is 14.3. The van der Waals surface area contributed by atoms with Gasteiger partial charge in [0.15, 0.2) is 0 Å². The van der Waals surface area contributed by atoms with E-state index in [2.05, 4.69) is 16.3 Å². The third kappa shape index (κ3) is 3.07. The van der Waals surface area contributed by atoms with Crippen LogP contribution in [0.25, 0.3) is 0 Å². The molecule has 5 nitrogen and oxygen atoms in total. The number of ether oxygens (including phenoxy) is 1. The molecule has 3 unspecified atom stereocenters. The number of hydrogen-bond donors (Lipinski definition) is 1. The minimum Gasteiger partial charge on any atom is -0.373 e. The second-order valence-corrected chi connectivity index (χ2v) is 5.75. The molecule has 3 atom stereocenters. The molecule has 2 aliphatic rings. The fourth-order valence-electron chi connectivity index (χ4n) is 2.70. The highest BCUT2D eigenvalue weighted by molar-refractivity contribution is 5.84. The molecule has 5 heteroatoms. The standard InChI is InChI=1S/C14H23N3O2/c1-3-14(2,10-15)13(18)16-7-12-8-17-6-4-5-11(17)9-19-12/h11-12H,3-9H2,1-2H3,(H,16,18). The molecule has 0 aromatic rings. The van der Waals surface area contributed by atoms with Gasteiger partial charge in [-0.2, -0.15) is 5.26 Å². The molecular weight excluding hydrogens is 242 g/mol. The highest BCUT2D eigenvalue weighted by atomic mass is 16.5. The van der Waals surface area contributed by atoms with Crippen molar-refractivity contribution >= 4 is 5.91 Å². The summed E-state index contributed by atoms with van der Waals surface area (Å²) in [5.74, 6) is -0.190. The number of fused-ring (bicyclic) bond motifs is 1. The number of rotatable bonds is 4. The molecule has 2 fully saturated rings. The molecule has 0 aromatic carbocycles. The number of carbonyl (C=O) groups is 1. The van der Waals surface area contributed by atoms with Crippen molar-refractivity contribution in [2.45, 2.75) is 45.3 Å². The third-order valence-electron chi connectivity index (χ3n) is 4.41. The maximum atomic E-state index is 12.0. The third-order valence-corrected chi connectivity index (χ3v) is 4.41. The van der Waals surface area contributed by atoms with Crippen LogP contribution in [0, 0.1) is 16.7 Å². The van der Waals surface area contributed by atoms with Crippen LogP contribution in [0.2, 0.25) is 0 Å². The van der Waals surface area contributed by atoms with Crippen molar-refractivity contribution in [3.05, 3.63) is 0 Å². The second kappa shape index (κ2) is 5.89. The number of amides is 1. The van der Waals surface area contributed by atoms with Gasteiger partial charge in [0.2, 0.25) is 5.91 Å². The quantitative estimate of drug-likeness (QED) is 0.820. The van der Waals surface area contributed by atoms with Gasteiger partial charge >= 0.3 is 0 Å². The first-order valence-corrected chi connectivity index (χ1v) is 7.14. The molecule has 2 heterocycles. The Balaban J connectivity index is 1.80. The lowest BCUT2D eigenvalue weighted by Gasteiger charge is -2.35. The molecule has 2 saturated heterocycles. The van der Waals surface area contributed by atoms with Crippen molar-refractivity contribution in [2.24, 2.45) is 5.41 Å². The molecule has 2 aliphatic heterocycles. The molecule has 19 heavy (non-hydrogen) atoms. The van der Waals surface area contributed by atoms with Gasteiger partial charge in [0, 0.05) is 19.1 Å². The zero-order chi connectivity index (χ0) is 13.9. The van der Waals surface area contributed by atoms with Crippen LogP contribution in [0.5, 0.6) is 0 Å². The molecule has 0 aromatic heterocycles. The molecule has 0 spiro atoms. The van der Waals surface area contributed by atoms with Gasteiger partial charge in [0.25, 0.3) is 0 Å². The monoisotopic (exact) mass is 265 g/mol. The van der Waals surface area contributed by atoms with E-state index in [0.717, 1.165) is 19.7 Å². The van der Waals surface area contributed by atoms with Gasteiger partial charge in [0.1, 0.15) is 5.41 Å². The molecule has 2 rings (SSSR count). The Hall–Kier alpha value is -1.12. The van der Waals surface area contributed by atoms with Gasteiger partial charge in [-0.3, -0.25) is 9.69 Å². The number of nitrogens with one attached hydrogen (secondary N) is 1. The van der Waals surface area contributed by atoms with Crippen LogP contribution < -0.4 is 5.32 Å². The molecule has 1 N–H and O–H groups in total. The van der Waals surface area contributed by atoms with Crippen LogP contribution in [0.15, 0.2) is 0 Å². The SMILES string of the molecule is CCC(C)(C#N)C(=O)NCC1CN2CCCC2CO1. The predicted molar refractivity (Wildman–Crippen MR) is 71.4 cm³/mol. The number of nitrogens with zero attached hydrogens (tertiary/aromatic N) is 2. The number of nitriles is 1. The van der Waals surface area contributed by atoms with Crippen molar-refractivity contribution in [3.8, 4) is 6.07 Å². The number of morpholine rings is 1. The van der Waals surface area contributed by atoms with E-state index >= 15 is 0 Å². The highest BCUT2D eigenvalue weighted by Crippen LogP contribution is 2.23. The van der Waals surface area contributed by atoms with E-state index in [0.29, 0.717) is 19.0 Å². The van der Waals surface area contributed by atoms with Crippen molar-refractivity contribution in [3.63, 3.8) is 0 Å². The normalized spacial score (nSPS) is 30.2. The van der Waals surface area contributed by atoms with Crippen LogP contribution >= 0.6 is 0 Å². The van der Waals surface area contributed by atoms with Gasteiger partial charge in [-0.25, -0.2) is 0 Å². The van der Waals surface area contributed by atoms with Crippen molar-refractivity contribution in [1.29, 1.82) is 5.26 Å². The van der Waals surface area contributed by atoms with E-state index in [1.165, 1.54) is 12.8 Å². The maximum Gasteiger partial charge on any atom is 0.240 e. The molecule has 0 aliphatic carbocycles. The average molecular weight is 265 g/mol. The molecule has 1 amide bonds. The van der Waals surface area contributed by atoms with Crippen LogP contribution in [0.4, 0.5) is 0 Å². The lowest BCUT2D eigenvalue weighted by molar-refractivity contribution is -0.129. The molecule has 0 bridgehead atoms. The maximum absolute atomic E-state index is 12.0. The minimum absolute atomic E-state index is 0.0538. The zero-order valence-electron chi connectivity index (χ0n) is 11.8. The molecule has 106 valence electrons. The van der Waals surface area contributed by atoms with Crippen molar-refractivity contribution in [1.82, 2.24) is 10.2 Å². The van der Waals surface area contributed by atoms with E-state index in [1.807, 2.05) is 6.92 Å². The zero-order valence-corrected chi connectivity index (χ0v) is 11.8. The predicted octanol–water partition coefficient (Wildman–Crippen LogP) is 0.906. The van der Waals surface area contributed by atoms with Crippen LogP contribution in [-0.4, -0.2) is 49.2 Å². The molecule has 0 saturated carbocycles.